The monoisotopic (exact) mass is 482 g/mol. The molecule has 3 rings (SSSR count). The summed E-state index contributed by atoms with van der Waals surface area (Å²) in [5, 5.41) is 0. The Labute approximate surface area is 215 Å². The fraction of sp³-hybridized carbons (Fsp3) is 0.355. The molecule has 1 aliphatic carbocycles. The number of hydrogen-bond acceptors (Lipinski definition) is 3. The van der Waals surface area contributed by atoms with Crippen LogP contribution in [0.1, 0.15) is 48.3 Å². The first-order valence-electron chi connectivity index (χ1n) is 12.1. The molecule has 0 heterocycles. The van der Waals surface area contributed by atoms with E-state index in [0.29, 0.717) is 17.9 Å². The molecule has 2 aromatic rings. The average Bonchev–Trinajstić information content (AvgIpc) is 2.92. The van der Waals surface area contributed by atoms with Crippen LogP contribution in [0.15, 0.2) is 66.8 Å². The number of methoxy groups -OCH3 is 3. The van der Waals surface area contributed by atoms with Gasteiger partial charge in [-0.1, -0.05) is 36.4 Å². The molecule has 0 spiro atoms. The van der Waals surface area contributed by atoms with E-state index in [2.05, 4.69) is 40.6 Å². The van der Waals surface area contributed by atoms with Crippen molar-refractivity contribution in [1.82, 2.24) is 0 Å². The maximum absolute atomic E-state index is 7.95. The van der Waals surface area contributed by atoms with Crippen LogP contribution in [0.25, 0.3) is 15.8 Å². The largest absolute Gasteiger partial charge is 0.509 e. The van der Waals surface area contributed by atoms with Gasteiger partial charge in [0.2, 0.25) is 0 Å². The molecule has 0 unspecified atom stereocenters. The summed E-state index contributed by atoms with van der Waals surface area (Å²) in [5.41, 5.74) is 2.81. The van der Waals surface area contributed by atoms with Crippen molar-refractivity contribution in [3.05, 3.63) is 106 Å². The second-order valence-corrected chi connectivity index (χ2v) is 8.96. The van der Waals surface area contributed by atoms with Gasteiger partial charge in [0, 0.05) is 11.8 Å². The third-order valence-electron chi connectivity index (χ3n) is 6.89. The van der Waals surface area contributed by atoms with Gasteiger partial charge in [-0.15, -0.1) is 6.58 Å². The van der Waals surface area contributed by atoms with Crippen LogP contribution in [0, 0.1) is 26.0 Å². The molecule has 0 bridgehead atoms. The Morgan fingerprint density at radius 3 is 2.33 bits per heavy atom. The lowest BCUT2D eigenvalue weighted by Gasteiger charge is -2.31. The van der Waals surface area contributed by atoms with Crippen molar-refractivity contribution in [1.29, 1.82) is 0 Å². The first kappa shape index (κ1) is 26.6. The van der Waals surface area contributed by atoms with Gasteiger partial charge in [0.1, 0.15) is 17.7 Å². The summed E-state index contributed by atoms with van der Waals surface area (Å²) in [4.78, 5) is 7.72. The minimum absolute atomic E-state index is 0.00408. The normalized spacial score (nSPS) is 16.4. The molecule has 0 radical (unpaired) electrons. The smallest absolute Gasteiger partial charge is 0.496 e. The van der Waals surface area contributed by atoms with E-state index in [1.54, 1.807) is 27.4 Å². The minimum Gasteiger partial charge on any atom is -0.496 e. The number of nitrogens with zero attached hydrogens (tertiary/aromatic N) is 2. The van der Waals surface area contributed by atoms with Gasteiger partial charge >= 0.3 is 5.66 Å². The highest BCUT2D eigenvalue weighted by molar-refractivity contribution is 5.56. The first-order valence-corrected chi connectivity index (χ1v) is 12.1. The van der Waals surface area contributed by atoms with Crippen molar-refractivity contribution in [2.24, 2.45) is 5.92 Å². The van der Waals surface area contributed by atoms with E-state index in [1.807, 2.05) is 37.3 Å². The molecular formula is C31H34N2O3. The summed E-state index contributed by atoms with van der Waals surface area (Å²) in [5.74, 6) is 2.10. The van der Waals surface area contributed by atoms with Gasteiger partial charge in [0.15, 0.2) is 11.5 Å². The highest BCUT2D eigenvalue weighted by Gasteiger charge is 2.52. The number of aryl methyl sites for hydroxylation is 1. The number of allylic oxidation sites excluding steroid dienone is 2. The van der Waals surface area contributed by atoms with E-state index < -0.39 is 5.66 Å². The first-order chi connectivity index (χ1) is 17.5. The fourth-order valence-electron chi connectivity index (χ4n) is 5.06. The average molecular weight is 483 g/mol. The van der Waals surface area contributed by atoms with Crippen molar-refractivity contribution < 1.29 is 14.2 Å². The van der Waals surface area contributed by atoms with Gasteiger partial charge in [-0.2, -0.15) is 0 Å². The van der Waals surface area contributed by atoms with E-state index in [4.69, 9.17) is 27.4 Å². The van der Waals surface area contributed by atoms with Crippen LogP contribution in [0.4, 0.5) is 0 Å². The van der Waals surface area contributed by atoms with Gasteiger partial charge in [0.05, 0.1) is 21.3 Å². The number of hydrogen-bond donors (Lipinski definition) is 0. The Kier molecular flexibility index (Phi) is 8.98. The lowest BCUT2D eigenvalue weighted by atomic mass is 9.70. The maximum Gasteiger partial charge on any atom is 0.509 e. The van der Waals surface area contributed by atoms with Crippen LogP contribution in [0.2, 0.25) is 0 Å². The molecule has 0 N–H and O–H groups in total. The summed E-state index contributed by atoms with van der Waals surface area (Å²) in [6, 6.07) is 12.1. The molecular weight excluding hydrogens is 448 g/mol. The van der Waals surface area contributed by atoms with E-state index in [0.717, 1.165) is 47.3 Å². The number of rotatable bonds is 10. The van der Waals surface area contributed by atoms with Crippen molar-refractivity contribution in [3.63, 3.8) is 0 Å². The van der Waals surface area contributed by atoms with Gasteiger partial charge in [-0.25, -0.2) is 22.8 Å². The lowest BCUT2D eigenvalue weighted by molar-refractivity contribution is 0.353. The Balaban J connectivity index is 2.15. The van der Waals surface area contributed by atoms with Crippen LogP contribution >= 0.6 is 0 Å². The highest BCUT2D eigenvalue weighted by atomic mass is 16.5. The molecule has 2 atom stereocenters. The van der Waals surface area contributed by atoms with E-state index in [1.165, 1.54) is 0 Å². The molecule has 5 nitrogen and oxygen atoms in total. The molecule has 0 saturated carbocycles. The molecule has 0 saturated heterocycles. The van der Waals surface area contributed by atoms with Crippen molar-refractivity contribution in [2.45, 2.75) is 44.2 Å². The molecule has 1 aliphatic rings. The third-order valence-corrected chi connectivity index (χ3v) is 6.89. The highest BCUT2D eigenvalue weighted by Crippen LogP contribution is 2.47. The Bertz CT molecular complexity index is 1220. The van der Waals surface area contributed by atoms with Crippen LogP contribution in [0.3, 0.4) is 0 Å². The zero-order valence-corrected chi connectivity index (χ0v) is 21.6. The van der Waals surface area contributed by atoms with E-state index in [9.17, 15) is 0 Å². The summed E-state index contributed by atoms with van der Waals surface area (Å²) in [7, 11) is 4.93. The number of benzene rings is 2. The predicted molar refractivity (Wildman–Crippen MR) is 145 cm³/mol. The SMILES string of the molecule is [C-]#[N+]C(CC=C)([N+]#[C-])C1=CCCC[C@H]1[C@@H](/C=C/c1ccc(OC)c(C)c1)c1ccc(OC)c(OC)c1. The van der Waals surface area contributed by atoms with Crippen molar-refractivity contribution >= 4 is 6.08 Å². The lowest BCUT2D eigenvalue weighted by Crippen LogP contribution is -2.31. The molecule has 0 aliphatic heterocycles. The zero-order valence-electron chi connectivity index (χ0n) is 21.6. The third kappa shape index (κ3) is 5.47. The van der Waals surface area contributed by atoms with Crippen LogP contribution in [-0.2, 0) is 0 Å². The molecule has 0 aromatic heterocycles. The number of ether oxygens (including phenoxy) is 3. The summed E-state index contributed by atoms with van der Waals surface area (Å²) in [6.07, 6.45) is 11.2. The topological polar surface area (TPSA) is 36.4 Å². The molecule has 36 heavy (non-hydrogen) atoms. The minimum atomic E-state index is -1.26. The van der Waals surface area contributed by atoms with Gasteiger partial charge in [-0.05, 0) is 67.1 Å². The maximum atomic E-state index is 7.95. The standard InChI is InChI=1S/C31H34N2O3/c1-8-19-31(32-3,33-4)27-12-10-9-11-26(27)25(24-15-18-29(35-6)30(21-24)36-7)16-13-23-14-17-28(34-5)22(2)20-23/h8,12-18,20-21,25-26H,1,9-11,19H2,2,5-7H3/b16-13+/t25-,26-/m0/s1. The molecule has 0 fully saturated rings. The fourth-order valence-corrected chi connectivity index (χ4v) is 5.06. The summed E-state index contributed by atoms with van der Waals surface area (Å²) in [6.45, 7) is 21.8. The predicted octanol–water partition coefficient (Wildman–Crippen LogP) is 7.66. The molecule has 5 heteroatoms. The van der Waals surface area contributed by atoms with Crippen molar-refractivity contribution in [3.8, 4) is 17.2 Å². The quantitative estimate of drug-likeness (QED) is 0.258. The zero-order chi connectivity index (χ0) is 26.1. The molecule has 0 amide bonds. The van der Waals surface area contributed by atoms with Crippen LogP contribution in [-0.4, -0.2) is 27.0 Å². The Morgan fingerprint density at radius 1 is 1.03 bits per heavy atom. The van der Waals surface area contributed by atoms with E-state index >= 15 is 0 Å². The molecule has 2 aromatic carbocycles. The van der Waals surface area contributed by atoms with Crippen molar-refractivity contribution in [2.75, 3.05) is 21.3 Å². The van der Waals surface area contributed by atoms with Gasteiger partial charge in [-0.3, -0.25) is 0 Å². The van der Waals surface area contributed by atoms with Crippen LogP contribution < -0.4 is 14.2 Å². The second-order valence-electron chi connectivity index (χ2n) is 8.96. The summed E-state index contributed by atoms with van der Waals surface area (Å²) >= 11 is 0. The van der Waals surface area contributed by atoms with Gasteiger partial charge in [0.25, 0.3) is 0 Å². The van der Waals surface area contributed by atoms with Gasteiger partial charge < -0.3 is 14.2 Å². The van der Waals surface area contributed by atoms with Crippen LogP contribution in [0.5, 0.6) is 17.2 Å². The Hall–Kier alpha value is -3.96. The summed E-state index contributed by atoms with van der Waals surface area (Å²) < 4.78 is 16.5. The second kappa shape index (κ2) is 12.1. The Morgan fingerprint density at radius 2 is 1.72 bits per heavy atom. The molecule has 186 valence electrons. The van der Waals surface area contributed by atoms with E-state index in [-0.39, 0.29) is 11.8 Å².